The molecule has 0 spiro atoms. The second-order valence-corrected chi connectivity index (χ2v) is 2.36. The highest BCUT2D eigenvalue weighted by atomic mass is 19.3. The summed E-state index contributed by atoms with van der Waals surface area (Å²) in [6, 6.07) is 1.57. The molecule has 0 saturated heterocycles. The van der Waals surface area contributed by atoms with Gasteiger partial charge in [-0.1, -0.05) is 0 Å². The highest BCUT2D eigenvalue weighted by molar-refractivity contribution is 5.90. The zero-order chi connectivity index (χ0) is 10.0. The Morgan fingerprint density at radius 1 is 1.46 bits per heavy atom. The molecular weight excluding hydrogens is 182 g/mol. The number of rotatable bonds is 2. The Bertz CT molecular complexity index is 386. The van der Waals surface area contributed by atoms with Crippen molar-refractivity contribution in [2.24, 2.45) is 5.73 Å². The van der Waals surface area contributed by atoms with Gasteiger partial charge in [-0.05, 0) is 6.07 Å². The molecule has 0 atom stereocenters. The molecule has 0 aromatic carbocycles. The first-order valence-electron chi connectivity index (χ1n) is 3.33. The number of primary amides is 1. The van der Waals surface area contributed by atoms with E-state index in [1.165, 1.54) is 0 Å². The Kier molecular flexibility index (Phi) is 2.41. The molecule has 1 rings (SSSR count). The molecule has 1 heterocycles. The van der Waals surface area contributed by atoms with Crippen LogP contribution in [0.5, 0.6) is 0 Å². The molecule has 0 saturated carbocycles. The molecule has 0 aliphatic carbocycles. The zero-order valence-corrected chi connectivity index (χ0v) is 6.38. The van der Waals surface area contributed by atoms with Crippen LogP contribution in [0.15, 0.2) is 16.9 Å². The summed E-state index contributed by atoms with van der Waals surface area (Å²) in [7, 11) is 0. The van der Waals surface area contributed by atoms with Crippen LogP contribution in [0.4, 0.5) is 8.78 Å². The molecule has 13 heavy (non-hydrogen) atoms. The van der Waals surface area contributed by atoms with E-state index in [0.29, 0.717) is 0 Å². The highest BCUT2D eigenvalue weighted by Crippen LogP contribution is 2.16. The average Bonchev–Trinajstić information content (AvgIpc) is 2.03. The van der Waals surface area contributed by atoms with Crippen LogP contribution in [0.2, 0.25) is 0 Å². The lowest BCUT2D eigenvalue weighted by atomic mass is 10.2. The molecule has 1 aromatic heterocycles. The number of aromatic nitrogens is 1. The smallest absolute Gasteiger partial charge is 0.265 e. The van der Waals surface area contributed by atoms with Crippen LogP contribution in [-0.4, -0.2) is 10.9 Å². The van der Waals surface area contributed by atoms with Gasteiger partial charge in [0.15, 0.2) is 0 Å². The Morgan fingerprint density at radius 3 is 2.54 bits per heavy atom. The maximum absolute atomic E-state index is 12.1. The van der Waals surface area contributed by atoms with Crippen molar-refractivity contribution in [3.8, 4) is 0 Å². The van der Waals surface area contributed by atoms with Gasteiger partial charge in [0, 0.05) is 11.6 Å². The van der Waals surface area contributed by atoms with E-state index in [1.807, 2.05) is 4.98 Å². The summed E-state index contributed by atoms with van der Waals surface area (Å²) in [4.78, 5) is 23.3. The monoisotopic (exact) mass is 188 g/mol. The quantitative estimate of drug-likeness (QED) is 0.705. The van der Waals surface area contributed by atoms with E-state index >= 15 is 0 Å². The Balaban J connectivity index is 3.27. The largest absolute Gasteiger partial charge is 0.364 e. The second-order valence-electron chi connectivity index (χ2n) is 2.36. The third kappa shape index (κ3) is 2.11. The molecule has 4 nitrogen and oxygen atoms in total. The third-order valence-corrected chi connectivity index (χ3v) is 1.38. The van der Waals surface area contributed by atoms with Gasteiger partial charge in [0.25, 0.3) is 12.3 Å². The second kappa shape index (κ2) is 3.34. The number of nitrogens with two attached hydrogens (primary N) is 1. The molecule has 1 amide bonds. The van der Waals surface area contributed by atoms with E-state index in [0.717, 1.165) is 12.1 Å². The van der Waals surface area contributed by atoms with Crippen LogP contribution in [0, 0.1) is 0 Å². The predicted molar refractivity (Wildman–Crippen MR) is 40.5 cm³/mol. The van der Waals surface area contributed by atoms with Gasteiger partial charge in [0.1, 0.15) is 5.69 Å². The fourth-order valence-electron chi connectivity index (χ4n) is 0.823. The molecule has 0 bridgehead atoms. The number of aromatic amines is 1. The Labute approximate surface area is 71.4 Å². The summed E-state index contributed by atoms with van der Waals surface area (Å²) in [5.41, 5.74) is 3.19. The van der Waals surface area contributed by atoms with Crippen molar-refractivity contribution in [3.05, 3.63) is 33.7 Å². The van der Waals surface area contributed by atoms with Gasteiger partial charge in [-0.25, -0.2) is 8.78 Å². The van der Waals surface area contributed by atoms with Gasteiger partial charge in [-0.2, -0.15) is 0 Å². The lowest BCUT2D eigenvalue weighted by molar-refractivity contribution is 0.0994. The fraction of sp³-hybridized carbons (Fsp3) is 0.143. The normalized spacial score (nSPS) is 10.4. The van der Waals surface area contributed by atoms with Crippen LogP contribution >= 0.6 is 0 Å². The van der Waals surface area contributed by atoms with Crippen molar-refractivity contribution in [3.63, 3.8) is 0 Å². The van der Waals surface area contributed by atoms with Gasteiger partial charge in [-0.3, -0.25) is 9.59 Å². The first-order valence-corrected chi connectivity index (χ1v) is 3.33. The summed E-state index contributed by atoms with van der Waals surface area (Å²) in [6.07, 6.45) is -2.79. The van der Waals surface area contributed by atoms with E-state index in [4.69, 9.17) is 5.73 Å². The number of nitrogens with one attached hydrogen (secondary N) is 1. The van der Waals surface area contributed by atoms with Crippen molar-refractivity contribution in [1.82, 2.24) is 4.98 Å². The number of carbonyl (C=O) groups excluding carboxylic acids is 1. The number of pyridine rings is 1. The number of halogens is 2. The zero-order valence-electron chi connectivity index (χ0n) is 6.38. The number of amides is 1. The van der Waals surface area contributed by atoms with Gasteiger partial charge in [0.2, 0.25) is 5.56 Å². The number of hydrogen-bond donors (Lipinski definition) is 2. The lowest BCUT2D eigenvalue weighted by Gasteiger charge is -2.00. The topological polar surface area (TPSA) is 76.0 Å². The van der Waals surface area contributed by atoms with Crippen molar-refractivity contribution < 1.29 is 13.6 Å². The summed E-state index contributed by atoms with van der Waals surface area (Å²) in [5, 5.41) is 0. The summed E-state index contributed by atoms with van der Waals surface area (Å²) < 4.78 is 24.2. The maximum Gasteiger partial charge on any atom is 0.265 e. The molecule has 0 aliphatic heterocycles. The van der Waals surface area contributed by atoms with Crippen LogP contribution < -0.4 is 11.3 Å². The van der Waals surface area contributed by atoms with Crippen LogP contribution in [0.25, 0.3) is 0 Å². The summed E-state index contributed by atoms with van der Waals surface area (Å²) in [5.74, 6) is -0.945. The number of carbonyl (C=O) groups is 1. The minimum atomic E-state index is -2.79. The standard InChI is InChI=1S/C7H6F2N2O2/c8-6(9)3-1-4(7(10)13)11-5(12)2-3/h1-2,6H,(H2,10,13)(H,11,12). The van der Waals surface area contributed by atoms with E-state index in [9.17, 15) is 18.4 Å². The predicted octanol–water partition coefficient (Wildman–Crippen LogP) is 0.411. The van der Waals surface area contributed by atoms with Crippen molar-refractivity contribution in [1.29, 1.82) is 0 Å². The Hall–Kier alpha value is -1.72. The molecule has 1 aromatic rings. The van der Waals surface area contributed by atoms with E-state index < -0.39 is 23.5 Å². The number of H-pyrrole nitrogens is 1. The molecule has 3 N–H and O–H groups in total. The van der Waals surface area contributed by atoms with Gasteiger partial charge < -0.3 is 10.7 Å². The molecule has 0 unspecified atom stereocenters. The van der Waals surface area contributed by atoms with E-state index in [2.05, 4.69) is 0 Å². The average molecular weight is 188 g/mol. The van der Waals surface area contributed by atoms with Crippen LogP contribution in [0.1, 0.15) is 22.5 Å². The molecule has 0 radical (unpaired) electrons. The van der Waals surface area contributed by atoms with Gasteiger partial charge >= 0.3 is 0 Å². The van der Waals surface area contributed by atoms with Crippen LogP contribution in [-0.2, 0) is 0 Å². The number of hydrogen-bond acceptors (Lipinski definition) is 2. The molecule has 0 fully saturated rings. The maximum atomic E-state index is 12.1. The first-order chi connectivity index (χ1) is 6.00. The summed E-state index contributed by atoms with van der Waals surface area (Å²) >= 11 is 0. The summed E-state index contributed by atoms with van der Waals surface area (Å²) in [6.45, 7) is 0. The van der Waals surface area contributed by atoms with Crippen molar-refractivity contribution in [2.45, 2.75) is 6.43 Å². The Morgan fingerprint density at radius 2 is 2.08 bits per heavy atom. The molecule has 70 valence electrons. The SMILES string of the molecule is NC(=O)c1cc(C(F)F)cc(=O)[nH]1. The van der Waals surface area contributed by atoms with E-state index in [1.54, 1.807) is 0 Å². The van der Waals surface area contributed by atoms with Gasteiger partial charge in [0.05, 0.1) is 0 Å². The third-order valence-electron chi connectivity index (χ3n) is 1.38. The van der Waals surface area contributed by atoms with Crippen molar-refractivity contribution in [2.75, 3.05) is 0 Å². The highest BCUT2D eigenvalue weighted by Gasteiger charge is 2.11. The van der Waals surface area contributed by atoms with Crippen molar-refractivity contribution >= 4 is 5.91 Å². The lowest BCUT2D eigenvalue weighted by Crippen LogP contribution is -2.19. The minimum Gasteiger partial charge on any atom is -0.364 e. The van der Waals surface area contributed by atoms with Gasteiger partial charge in [-0.15, -0.1) is 0 Å². The first kappa shape index (κ1) is 9.37. The number of alkyl halides is 2. The van der Waals surface area contributed by atoms with E-state index in [-0.39, 0.29) is 5.69 Å². The molecule has 6 heteroatoms. The fourth-order valence-corrected chi connectivity index (χ4v) is 0.823. The van der Waals surface area contributed by atoms with Crippen LogP contribution in [0.3, 0.4) is 0 Å². The minimum absolute atomic E-state index is 0.317. The molecule has 0 aliphatic rings. The molecular formula is C7H6F2N2O2.